The zero-order chi connectivity index (χ0) is 14.1. The van der Waals surface area contributed by atoms with E-state index in [1.54, 1.807) is 11.3 Å². The van der Waals surface area contributed by atoms with Crippen LogP contribution in [0, 0.1) is 0 Å². The van der Waals surface area contributed by atoms with E-state index in [2.05, 4.69) is 26.9 Å². The fourth-order valence-electron chi connectivity index (χ4n) is 2.46. The third-order valence-electron chi connectivity index (χ3n) is 3.51. The van der Waals surface area contributed by atoms with E-state index in [1.807, 2.05) is 23.6 Å². The molecule has 0 N–H and O–H groups in total. The third-order valence-corrected chi connectivity index (χ3v) is 4.40. The second-order valence-corrected chi connectivity index (χ2v) is 5.72. The molecule has 3 aromatic rings. The van der Waals surface area contributed by atoms with Crippen LogP contribution in [0.1, 0.15) is 5.82 Å². The van der Waals surface area contributed by atoms with Crippen LogP contribution in [-0.2, 0) is 17.7 Å². The Hall–Kier alpha value is -2.05. The number of rotatable bonds is 2. The Bertz CT molecular complexity index is 750. The van der Waals surface area contributed by atoms with Gasteiger partial charge in [-0.2, -0.15) is 0 Å². The predicted octanol–water partition coefficient (Wildman–Crippen LogP) is 2.64. The Morgan fingerprint density at radius 1 is 1.10 bits per heavy atom. The second-order valence-electron chi connectivity index (χ2n) is 4.86. The Morgan fingerprint density at radius 3 is 2.90 bits per heavy atom. The number of hydrogen-bond donors (Lipinski definition) is 0. The first-order valence-corrected chi connectivity index (χ1v) is 7.81. The summed E-state index contributed by atoms with van der Waals surface area (Å²) in [6.45, 7) is 2.20. The van der Waals surface area contributed by atoms with Gasteiger partial charge < -0.3 is 9.30 Å². The van der Waals surface area contributed by atoms with Gasteiger partial charge in [-0.1, -0.05) is 30.3 Å². The van der Waals surface area contributed by atoms with Crippen LogP contribution in [-0.4, -0.2) is 33.0 Å². The van der Waals surface area contributed by atoms with E-state index < -0.39 is 0 Å². The summed E-state index contributed by atoms with van der Waals surface area (Å²) in [4.78, 5) is 4.72. The standard InChI is InChI=1S/C15H14N4OS/c1-2-4-11(5-3-1)15-16-12(10-21-15)14-18-17-13-6-8-20-9-7-19(13)14/h1-5,10H,6-9H2. The second kappa shape index (κ2) is 5.38. The van der Waals surface area contributed by atoms with E-state index >= 15 is 0 Å². The molecule has 0 atom stereocenters. The zero-order valence-corrected chi connectivity index (χ0v) is 12.2. The molecular formula is C15H14N4OS. The summed E-state index contributed by atoms with van der Waals surface area (Å²) in [6.07, 6.45) is 0.808. The zero-order valence-electron chi connectivity index (χ0n) is 11.4. The first-order valence-electron chi connectivity index (χ1n) is 6.93. The van der Waals surface area contributed by atoms with Crippen molar-refractivity contribution in [3.63, 3.8) is 0 Å². The highest BCUT2D eigenvalue weighted by atomic mass is 32.1. The van der Waals surface area contributed by atoms with E-state index in [0.717, 1.165) is 40.9 Å². The summed E-state index contributed by atoms with van der Waals surface area (Å²) in [5.74, 6) is 1.82. The predicted molar refractivity (Wildman–Crippen MR) is 81.1 cm³/mol. The maximum atomic E-state index is 5.49. The molecule has 2 aromatic heterocycles. The van der Waals surface area contributed by atoms with Gasteiger partial charge >= 0.3 is 0 Å². The largest absolute Gasteiger partial charge is 0.379 e. The quantitative estimate of drug-likeness (QED) is 0.730. The van der Waals surface area contributed by atoms with Crippen LogP contribution in [0.3, 0.4) is 0 Å². The van der Waals surface area contributed by atoms with E-state index in [1.165, 1.54) is 0 Å². The molecule has 1 aliphatic rings. The van der Waals surface area contributed by atoms with Crippen LogP contribution in [0.15, 0.2) is 35.7 Å². The first kappa shape index (κ1) is 12.7. The number of ether oxygens (including phenoxy) is 1. The lowest BCUT2D eigenvalue weighted by Crippen LogP contribution is -2.05. The Morgan fingerprint density at radius 2 is 2.00 bits per heavy atom. The minimum atomic E-state index is 0.702. The summed E-state index contributed by atoms with van der Waals surface area (Å²) < 4.78 is 7.62. The van der Waals surface area contributed by atoms with Gasteiger partial charge in [0.25, 0.3) is 0 Å². The minimum absolute atomic E-state index is 0.702. The fourth-order valence-corrected chi connectivity index (χ4v) is 3.26. The van der Waals surface area contributed by atoms with Crippen LogP contribution < -0.4 is 0 Å². The molecule has 3 heterocycles. The topological polar surface area (TPSA) is 52.8 Å². The van der Waals surface area contributed by atoms with Crippen molar-refractivity contribution >= 4 is 11.3 Å². The van der Waals surface area contributed by atoms with Gasteiger partial charge in [0.15, 0.2) is 5.82 Å². The van der Waals surface area contributed by atoms with Gasteiger partial charge in [-0.05, 0) is 0 Å². The van der Waals surface area contributed by atoms with Crippen LogP contribution in [0.25, 0.3) is 22.1 Å². The van der Waals surface area contributed by atoms with Gasteiger partial charge in [-0.3, -0.25) is 0 Å². The maximum Gasteiger partial charge on any atom is 0.183 e. The van der Waals surface area contributed by atoms with E-state index in [0.29, 0.717) is 13.2 Å². The molecule has 4 rings (SSSR count). The molecule has 0 saturated carbocycles. The van der Waals surface area contributed by atoms with Crippen molar-refractivity contribution in [1.29, 1.82) is 0 Å². The molecule has 0 amide bonds. The summed E-state index contributed by atoms with van der Waals surface area (Å²) in [5.41, 5.74) is 2.02. The van der Waals surface area contributed by atoms with Gasteiger partial charge in [0.1, 0.15) is 16.5 Å². The molecule has 0 spiro atoms. The first-order chi connectivity index (χ1) is 10.4. The van der Waals surface area contributed by atoms with Crippen molar-refractivity contribution in [2.75, 3.05) is 13.2 Å². The number of aromatic nitrogens is 4. The van der Waals surface area contributed by atoms with Gasteiger partial charge in [0, 0.05) is 23.9 Å². The number of thiazole rings is 1. The molecule has 0 fully saturated rings. The smallest absolute Gasteiger partial charge is 0.183 e. The molecule has 0 aliphatic carbocycles. The average Bonchev–Trinajstić information content (AvgIpc) is 3.10. The van der Waals surface area contributed by atoms with Gasteiger partial charge in [0.2, 0.25) is 0 Å². The third kappa shape index (κ3) is 2.36. The summed E-state index contributed by atoms with van der Waals surface area (Å²) >= 11 is 1.63. The highest BCUT2D eigenvalue weighted by Gasteiger charge is 2.18. The molecule has 6 heteroatoms. The molecule has 5 nitrogen and oxygen atoms in total. The van der Waals surface area contributed by atoms with Crippen LogP contribution in [0.5, 0.6) is 0 Å². The average molecular weight is 298 g/mol. The number of hydrogen-bond acceptors (Lipinski definition) is 5. The molecule has 1 aromatic carbocycles. The number of benzene rings is 1. The summed E-state index contributed by atoms with van der Waals surface area (Å²) in [7, 11) is 0. The van der Waals surface area contributed by atoms with Gasteiger partial charge in [-0.15, -0.1) is 21.5 Å². The lowest BCUT2D eigenvalue weighted by Gasteiger charge is -2.03. The number of fused-ring (bicyclic) bond motifs is 1. The maximum absolute atomic E-state index is 5.49. The van der Waals surface area contributed by atoms with Gasteiger partial charge in [-0.25, -0.2) is 4.98 Å². The molecule has 1 aliphatic heterocycles. The highest BCUT2D eigenvalue weighted by molar-refractivity contribution is 7.13. The Kier molecular flexibility index (Phi) is 3.25. The van der Waals surface area contributed by atoms with Crippen molar-refractivity contribution in [3.05, 3.63) is 41.5 Å². The molecule has 0 radical (unpaired) electrons. The van der Waals surface area contributed by atoms with Crippen LogP contribution in [0.2, 0.25) is 0 Å². The molecule has 21 heavy (non-hydrogen) atoms. The monoisotopic (exact) mass is 298 g/mol. The van der Waals surface area contributed by atoms with Crippen molar-refractivity contribution < 1.29 is 4.74 Å². The van der Waals surface area contributed by atoms with Crippen molar-refractivity contribution in [3.8, 4) is 22.1 Å². The van der Waals surface area contributed by atoms with Crippen molar-refractivity contribution in [1.82, 2.24) is 19.7 Å². The fraction of sp³-hybridized carbons (Fsp3) is 0.267. The SMILES string of the molecule is c1ccc(-c2nc(-c3nnc4n3CCOCC4)cs2)cc1. The lowest BCUT2D eigenvalue weighted by molar-refractivity contribution is 0.140. The summed E-state index contributed by atoms with van der Waals surface area (Å²) in [5, 5.41) is 11.6. The number of nitrogens with zero attached hydrogens (tertiary/aromatic N) is 4. The van der Waals surface area contributed by atoms with E-state index in [4.69, 9.17) is 9.72 Å². The molecular weight excluding hydrogens is 284 g/mol. The van der Waals surface area contributed by atoms with Crippen LogP contribution >= 0.6 is 11.3 Å². The molecule has 0 unspecified atom stereocenters. The van der Waals surface area contributed by atoms with E-state index in [-0.39, 0.29) is 0 Å². The molecule has 0 saturated heterocycles. The van der Waals surface area contributed by atoms with Crippen molar-refractivity contribution in [2.24, 2.45) is 0 Å². The lowest BCUT2D eigenvalue weighted by atomic mass is 10.2. The summed E-state index contributed by atoms with van der Waals surface area (Å²) in [6, 6.07) is 10.2. The van der Waals surface area contributed by atoms with Gasteiger partial charge in [0.05, 0.1) is 13.2 Å². The van der Waals surface area contributed by atoms with E-state index in [9.17, 15) is 0 Å². The molecule has 106 valence electrons. The molecule has 0 bridgehead atoms. The Balaban J connectivity index is 1.72. The minimum Gasteiger partial charge on any atom is -0.379 e. The highest BCUT2D eigenvalue weighted by Crippen LogP contribution is 2.28. The Labute approximate surface area is 126 Å². The van der Waals surface area contributed by atoms with Crippen molar-refractivity contribution in [2.45, 2.75) is 13.0 Å². The van der Waals surface area contributed by atoms with Crippen LogP contribution in [0.4, 0.5) is 0 Å². The normalized spacial score (nSPS) is 14.7.